The molecule has 1 rings (SSSR count). The van der Waals surface area contributed by atoms with E-state index in [2.05, 4.69) is 25.1 Å². The topological polar surface area (TPSA) is 32.3 Å². The minimum Gasteiger partial charge on any atom is -0.508 e. The maximum absolute atomic E-state index is 9.39. The average molecular weight is 217 g/mol. The van der Waals surface area contributed by atoms with E-state index in [0.717, 1.165) is 18.4 Å². The van der Waals surface area contributed by atoms with Crippen LogP contribution in [0.2, 0.25) is 0 Å². The zero-order valence-electron chi connectivity index (χ0n) is 9.90. The summed E-state index contributed by atoms with van der Waals surface area (Å²) < 4.78 is 0. The Morgan fingerprint density at radius 2 is 2.25 bits per heavy atom. The molecule has 0 saturated carbocycles. The van der Waals surface area contributed by atoms with Gasteiger partial charge in [-0.15, -0.1) is 6.42 Å². The van der Waals surface area contributed by atoms with Crippen molar-refractivity contribution in [2.75, 3.05) is 0 Å². The largest absolute Gasteiger partial charge is 0.508 e. The van der Waals surface area contributed by atoms with Crippen LogP contribution < -0.4 is 5.32 Å². The van der Waals surface area contributed by atoms with Gasteiger partial charge in [0.25, 0.3) is 0 Å². The lowest BCUT2D eigenvalue weighted by molar-refractivity contribution is 0.467. The van der Waals surface area contributed by atoms with E-state index in [0.29, 0.717) is 5.75 Å². The summed E-state index contributed by atoms with van der Waals surface area (Å²) in [5, 5.41) is 12.8. The van der Waals surface area contributed by atoms with Crippen LogP contribution in [-0.2, 0) is 0 Å². The zero-order valence-corrected chi connectivity index (χ0v) is 9.90. The molecule has 0 bridgehead atoms. The summed E-state index contributed by atoms with van der Waals surface area (Å²) >= 11 is 0. The number of benzene rings is 1. The van der Waals surface area contributed by atoms with Gasteiger partial charge in [-0.2, -0.15) is 0 Å². The highest BCUT2D eigenvalue weighted by atomic mass is 16.3. The Bertz CT molecular complexity index is 367. The fourth-order valence-electron chi connectivity index (χ4n) is 1.70. The summed E-state index contributed by atoms with van der Waals surface area (Å²) in [4.78, 5) is 0. The molecule has 0 aromatic heterocycles. The maximum Gasteiger partial charge on any atom is 0.115 e. The van der Waals surface area contributed by atoms with Crippen LogP contribution in [0, 0.1) is 12.3 Å². The van der Waals surface area contributed by atoms with E-state index in [1.165, 1.54) is 0 Å². The third-order valence-electron chi connectivity index (χ3n) is 2.60. The molecule has 2 heteroatoms. The van der Waals surface area contributed by atoms with Gasteiger partial charge in [-0.05, 0) is 31.0 Å². The third-order valence-corrected chi connectivity index (χ3v) is 2.60. The number of terminal acetylenes is 1. The molecule has 0 aliphatic carbocycles. The standard InChI is InChI=1S/C14H19NO/c1-4-7-13(5-2)15-11(3)12-8-6-9-14(16)10-12/h2,6,8-11,13,15-16H,4,7H2,1,3H3. The van der Waals surface area contributed by atoms with Crippen molar-refractivity contribution in [2.24, 2.45) is 0 Å². The molecule has 0 aliphatic rings. The van der Waals surface area contributed by atoms with Gasteiger partial charge in [-0.25, -0.2) is 0 Å². The Morgan fingerprint density at radius 1 is 1.50 bits per heavy atom. The van der Waals surface area contributed by atoms with Crippen molar-refractivity contribution in [3.8, 4) is 18.1 Å². The molecule has 16 heavy (non-hydrogen) atoms. The van der Waals surface area contributed by atoms with Gasteiger partial charge in [0.05, 0.1) is 6.04 Å². The maximum atomic E-state index is 9.39. The molecule has 2 atom stereocenters. The minimum absolute atomic E-state index is 0.0994. The van der Waals surface area contributed by atoms with Gasteiger partial charge in [0, 0.05) is 6.04 Å². The molecular formula is C14H19NO. The highest BCUT2D eigenvalue weighted by Crippen LogP contribution is 2.18. The van der Waals surface area contributed by atoms with Gasteiger partial charge < -0.3 is 5.11 Å². The first-order chi connectivity index (χ1) is 7.67. The highest BCUT2D eigenvalue weighted by Gasteiger charge is 2.10. The fraction of sp³-hybridized carbons (Fsp3) is 0.429. The van der Waals surface area contributed by atoms with Crippen LogP contribution in [0.3, 0.4) is 0 Å². The molecule has 2 N–H and O–H groups in total. The van der Waals surface area contributed by atoms with E-state index in [1.54, 1.807) is 12.1 Å². The van der Waals surface area contributed by atoms with Gasteiger partial charge in [-0.1, -0.05) is 31.4 Å². The lowest BCUT2D eigenvalue weighted by atomic mass is 10.1. The molecule has 86 valence electrons. The van der Waals surface area contributed by atoms with Crippen molar-refractivity contribution in [3.05, 3.63) is 29.8 Å². The molecular weight excluding hydrogens is 198 g/mol. The Morgan fingerprint density at radius 3 is 2.81 bits per heavy atom. The molecule has 2 nitrogen and oxygen atoms in total. The second-order valence-electron chi connectivity index (χ2n) is 3.99. The number of aromatic hydroxyl groups is 1. The van der Waals surface area contributed by atoms with E-state index in [9.17, 15) is 5.11 Å². The Hall–Kier alpha value is -1.46. The summed E-state index contributed by atoms with van der Waals surface area (Å²) in [6, 6.07) is 7.50. The number of hydrogen-bond acceptors (Lipinski definition) is 2. The van der Waals surface area contributed by atoms with Crippen LogP contribution in [-0.4, -0.2) is 11.1 Å². The monoisotopic (exact) mass is 217 g/mol. The lowest BCUT2D eigenvalue weighted by Crippen LogP contribution is -2.30. The first-order valence-corrected chi connectivity index (χ1v) is 5.68. The first-order valence-electron chi connectivity index (χ1n) is 5.68. The number of nitrogens with one attached hydrogen (secondary N) is 1. The van der Waals surface area contributed by atoms with Crippen molar-refractivity contribution in [1.29, 1.82) is 0 Å². The van der Waals surface area contributed by atoms with Crippen molar-refractivity contribution in [3.63, 3.8) is 0 Å². The van der Waals surface area contributed by atoms with E-state index >= 15 is 0 Å². The first kappa shape index (κ1) is 12.6. The lowest BCUT2D eigenvalue weighted by Gasteiger charge is -2.19. The third kappa shape index (κ3) is 3.60. The van der Waals surface area contributed by atoms with E-state index < -0.39 is 0 Å². The van der Waals surface area contributed by atoms with Crippen molar-refractivity contribution >= 4 is 0 Å². The smallest absolute Gasteiger partial charge is 0.115 e. The summed E-state index contributed by atoms with van der Waals surface area (Å²) in [5.41, 5.74) is 1.05. The second kappa shape index (κ2) is 6.19. The van der Waals surface area contributed by atoms with E-state index in [1.807, 2.05) is 12.1 Å². The molecule has 0 spiro atoms. The van der Waals surface area contributed by atoms with Gasteiger partial charge in [0.2, 0.25) is 0 Å². The number of phenolic OH excluding ortho intramolecular Hbond substituents is 1. The van der Waals surface area contributed by atoms with Crippen molar-refractivity contribution < 1.29 is 5.11 Å². The normalized spacial score (nSPS) is 14.1. The molecule has 2 unspecified atom stereocenters. The minimum atomic E-state index is 0.0994. The van der Waals surface area contributed by atoms with Gasteiger partial charge >= 0.3 is 0 Å². The molecule has 1 aromatic rings. The summed E-state index contributed by atoms with van der Waals surface area (Å²) in [6.45, 7) is 4.17. The molecule has 0 heterocycles. The summed E-state index contributed by atoms with van der Waals surface area (Å²) in [7, 11) is 0. The van der Waals surface area contributed by atoms with E-state index in [4.69, 9.17) is 6.42 Å². The van der Waals surface area contributed by atoms with Crippen LogP contribution in [0.4, 0.5) is 0 Å². The molecule has 0 radical (unpaired) electrons. The van der Waals surface area contributed by atoms with Crippen LogP contribution in [0.5, 0.6) is 5.75 Å². The molecule has 0 fully saturated rings. The Kier molecular flexibility index (Phi) is 4.88. The molecule has 0 saturated heterocycles. The van der Waals surface area contributed by atoms with Gasteiger partial charge in [0.15, 0.2) is 0 Å². The Balaban J connectivity index is 2.64. The Labute approximate surface area is 97.7 Å². The summed E-state index contributed by atoms with van der Waals surface area (Å²) in [5.74, 6) is 3.04. The van der Waals surface area contributed by atoms with Crippen LogP contribution in [0.15, 0.2) is 24.3 Å². The van der Waals surface area contributed by atoms with Crippen molar-refractivity contribution in [2.45, 2.75) is 38.8 Å². The average Bonchev–Trinajstić information content (AvgIpc) is 2.28. The van der Waals surface area contributed by atoms with Crippen LogP contribution in [0.25, 0.3) is 0 Å². The fourth-order valence-corrected chi connectivity index (χ4v) is 1.70. The number of rotatable bonds is 5. The predicted octanol–water partition coefficient (Wildman–Crippen LogP) is 2.84. The second-order valence-corrected chi connectivity index (χ2v) is 3.99. The zero-order chi connectivity index (χ0) is 12.0. The molecule has 0 aliphatic heterocycles. The molecule has 0 amide bonds. The van der Waals surface area contributed by atoms with Crippen LogP contribution in [0.1, 0.15) is 38.3 Å². The number of hydrogen-bond donors (Lipinski definition) is 2. The summed E-state index contributed by atoms with van der Waals surface area (Å²) in [6.07, 6.45) is 7.49. The highest BCUT2D eigenvalue weighted by molar-refractivity contribution is 5.29. The number of phenols is 1. The van der Waals surface area contributed by atoms with E-state index in [-0.39, 0.29) is 12.1 Å². The van der Waals surface area contributed by atoms with Gasteiger partial charge in [-0.3, -0.25) is 5.32 Å². The quantitative estimate of drug-likeness (QED) is 0.743. The van der Waals surface area contributed by atoms with Gasteiger partial charge in [0.1, 0.15) is 5.75 Å². The van der Waals surface area contributed by atoms with Crippen molar-refractivity contribution in [1.82, 2.24) is 5.32 Å². The molecule has 1 aromatic carbocycles. The predicted molar refractivity (Wildman–Crippen MR) is 67.2 cm³/mol. The SMILES string of the molecule is C#CC(CCC)NC(C)c1cccc(O)c1. The van der Waals surface area contributed by atoms with Crippen LogP contribution >= 0.6 is 0 Å².